The molecule has 0 saturated heterocycles. The van der Waals surface area contributed by atoms with Crippen LogP contribution < -0.4 is 10.9 Å². The van der Waals surface area contributed by atoms with Gasteiger partial charge in [0.05, 0.1) is 6.20 Å². The lowest BCUT2D eigenvalue weighted by molar-refractivity contribution is -0.127. The SMILES string of the molecule is O=CC(=O)C1=CN=CNN1. The number of carbonyl (C=O) groups is 2. The van der Waals surface area contributed by atoms with E-state index in [0.717, 1.165) is 0 Å². The van der Waals surface area contributed by atoms with Gasteiger partial charge >= 0.3 is 0 Å². The van der Waals surface area contributed by atoms with E-state index in [4.69, 9.17) is 0 Å². The van der Waals surface area contributed by atoms with Gasteiger partial charge in [0.15, 0.2) is 6.29 Å². The highest BCUT2D eigenvalue weighted by molar-refractivity contribution is 6.32. The molecule has 0 aromatic rings. The smallest absolute Gasteiger partial charge is 0.244 e. The standard InChI is InChI=1S/C5H5N3O2/c9-2-5(10)4-1-6-3-7-8-4/h1-3,8H,(H,6,7). The van der Waals surface area contributed by atoms with Gasteiger partial charge < -0.3 is 0 Å². The number of ketones is 1. The van der Waals surface area contributed by atoms with Crippen molar-refractivity contribution in [3.8, 4) is 0 Å². The maximum absolute atomic E-state index is 10.6. The number of hydrazine groups is 1. The van der Waals surface area contributed by atoms with E-state index < -0.39 is 5.78 Å². The Morgan fingerprint density at radius 3 is 3.00 bits per heavy atom. The number of rotatable bonds is 2. The topological polar surface area (TPSA) is 70.6 Å². The summed E-state index contributed by atoms with van der Waals surface area (Å²) in [5, 5.41) is 0. The van der Waals surface area contributed by atoms with Crippen LogP contribution in [0.25, 0.3) is 0 Å². The summed E-state index contributed by atoms with van der Waals surface area (Å²) in [4.78, 5) is 24.0. The Labute approximate surface area is 56.8 Å². The molecule has 1 aliphatic rings. The molecule has 0 amide bonds. The molecule has 0 aromatic heterocycles. The number of aldehydes is 1. The highest BCUT2D eigenvalue weighted by Gasteiger charge is 2.07. The fraction of sp³-hybridized carbons (Fsp3) is 0. The van der Waals surface area contributed by atoms with Crippen LogP contribution in [0.3, 0.4) is 0 Å². The van der Waals surface area contributed by atoms with E-state index in [1.54, 1.807) is 0 Å². The molecule has 0 atom stereocenters. The summed E-state index contributed by atoms with van der Waals surface area (Å²) in [5.41, 5.74) is 5.06. The first-order valence-corrected chi connectivity index (χ1v) is 2.57. The van der Waals surface area contributed by atoms with E-state index in [-0.39, 0.29) is 12.0 Å². The van der Waals surface area contributed by atoms with Gasteiger partial charge in [-0.3, -0.25) is 20.4 Å². The Morgan fingerprint density at radius 2 is 2.50 bits per heavy atom. The van der Waals surface area contributed by atoms with E-state index in [1.165, 1.54) is 12.5 Å². The van der Waals surface area contributed by atoms with Crippen LogP contribution >= 0.6 is 0 Å². The first kappa shape index (κ1) is 6.47. The lowest BCUT2D eigenvalue weighted by Gasteiger charge is -2.07. The molecule has 52 valence electrons. The summed E-state index contributed by atoms with van der Waals surface area (Å²) in [6.45, 7) is 0. The fourth-order valence-corrected chi connectivity index (χ4v) is 0.480. The molecule has 0 aromatic carbocycles. The first-order chi connectivity index (χ1) is 4.84. The zero-order valence-electron chi connectivity index (χ0n) is 5.00. The van der Waals surface area contributed by atoms with Crippen LogP contribution in [0.4, 0.5) is 0 Å². The quantitative estimate of drug-likeness (QED) is 0.369. The van der Waals surface area contributed by atoms with Gasteiger partial charge in [-0.25, -0.2) is 4.99 Å². The van der Waals surface area contributed by atoms with Crippen molar-refractivity contribution < 1.29 is 9.59 Å². The van der Waals surface area contributed by atoms with Crippen LogP contribution in [0.1, 0.15) is 0 Å². The van der Waals surface area contributed by atoms with Gasteiger partial charge in [-0.15, -0.1) is 0 Å². The molecule has 1 aliphatic heterocycles. The zero-order valence-corrected chi connectivity index (χ0v) is 5.00. The number of aliphatic imine (C=N–C) groups is 1. The van der Waals surface area contributed by atoms with Crippen molar-refractivity contribution in [1.29, 1.82) is 0 Å². The van der Waals surface area contributed by atoms with Gasteiger partial charge in [0.1, 0.15) is 12.0 Å². The highest BCUT2D eigenvalue weighted by Crippen LogP contribution is 1.90. The van der Waals surface area contributed by atoms with Gasteiger partial charge in [-0.05, 0) is 0 Å². The number of hydrogen-bond acceptors (Lipinski definition) is 5. The average molecular weight is 139 g/mol. The number of nitrogens with one attached hydrogen (secondary N) is 2. The molecule has 0 unspecified atom stereocenters. The molecule has 0 saturated carbocycles. The number of allylic oxidation sites excluding steroid dienone is 1. The highest BCUT2D eigenvalue weighted by atomic mass is 16.2. The summed E-state index contributed by atoms with van der Waals surface area (Å²) in [6.07, 6.45) is 2.86. The minimum absolute atomic E-state index is 0.150. The number of hydrogen-bond donors (Lipinski definition) is 2. The third-order valence-corrected chi connectivity index (χ3v) is 0.922. The van der Waals surface area contributed by atoms with Gasteiger partial charge in [0.2, 0.25) is 5.78 Å². The minimum atomic E-state index is -0.621. The molecule has 5 heteroatoms. The van der Waals surface area contributed by atoms with Crippen molar-refractivity contribution in [2.75, 3.05) is 0 Å². The Bertz CT molecular complexity index is 219. The molecule has 0 bridgehead atoms. The molecule has 0 radical (unpaired) electrons. The van der Waals surface area contributed by atoms with Crippen LogP contribution in [-0.2, 0) is 9.59 Å². The number of carbonyl (C=O) groups excluding carboxylic acids is 2. The van der Waals surface area contributed by atoms with E-state index in [2.05, 4.69) is 15.8 Å². The second kappa shape index (κ2) is 2.77. The second-order valence-electron chi connectivity index (χ2n) is 1.57. The van der Waals surface area contributed by atoms with Crippen molar-refractivity contribution in [3.63, 3.8) is 0 Å². The van der Waals surface area contributed by atoms with Crippen molar-refractivity contribution in [1.82, 2.24) is 10.9 Å². The largest absolute Gasteiger partial charge is 0.295 e. The Balaban J connectivity index is 2.71. The molecule has 5 nitrogen and oxygen atoms in total. The molecule has 1 rings (SSSR count). The molecular formula is C5H5N3O2. The van der Waals surface area contributed by atoms with E-state index in [9.17, 15) is 9.59 Å². The van der Waals surface area contributed by atoms with Crippen molar-refractivity contribution >= 4 is 18.4 Å². The van der Waals surface area contributed by atoms with Crippen LogP contribution in [0, 0.1) is 0 Å². The van der Waals surface area contributed by atoms with Gasteiger partial charge in [0.25, 0.3) is 0 Å². The molecule has 0 spiro atoms. The van der Waals surface area contributed by atoms with Gasteiger partial charge in [0, 0.05) is 0 Å². The van der Waals surface area contributed by atoms with Crippen molar-refractivity contribution in [3.05, 3.63) is 11.9 Å². The summed E-state index contributed by atoms with van der Waals surface area (Å²) >= 11 is 0. The number of nitrogens with zero attached hydrogens (tertiary/aromatic N) is 1. The second-order valence-corrected chi connectivity index (χ2v) is 1.57. The van der Waals surface area contributed by atoms with Gasteiger partial charge in [-0.2, -0.15) is 0 Å². The van der Waals surface area contributed by atoms with E-state index in [0.29, 0.717) is 0 Å². The van der Waals surface area contributed by atoms with Crippen molar-refractivity contribution in [2.45, 2.75) is 0 Å². The lowest BCUT2D eigenvalue weighted by atomic mass is 10.3. The Morgan fingerprint density at radius 1 is 1.70 bits per heavy atom. The fourth-order valence-electron chi connectivity index (χ4n) is 0.480. The van der Waals surface area contributed by atoms with Crippen LogP contribution in [-0.4, -0.2) is 18.4 Å². The van der Waals surface area contributed by atoms with Crippen molar-refractivity contribution in [2.24, 2.45) is 4.99 Å². The van der Waals surface area contributed by atoms with E-state index >= 15 is 0 Å². The predicted molar refractivity (Wildman–Crippen MR) is 33.9 cm³/mol. The van der Waals surface area contributed by atoms with Crippen LogP contribution in [0.2, 0.25) is 0 Å². The third-order valence-electron chi connectivity index (χ3n) is 0.922. The molecule has 1 heterocycles. The zero-order chi connectivity index (χ0) is 7.40. The summed E-state index contributed by atoms with van der Waals surface area (Å²) in [6, 6.07) is 0. The lowest BCUT2D eigenvalue weighted by Crippen LogP contribution is -2.35. The summed E-state index contributed by atoms with van der Waals surface area (Å²) in [5.74, 6) is -0.621. The maximum atomic E-state index is 10.6. The third kappa shape index (κ3) is 1.19. The predicted octanol–water partition coefficient (Wildman–Crippen LogP) is -1.27. The monoisotopic (exact) mass is 139 g/mol. The molecule has 0 fully saturated rings. The molecule has 0 aliphatic carbocycles. The van der Waals surface area contributed by atoms with Crippen LogP contribution in [0.5, 0.6) is 0 Å². The molecule has 2 N–H and O–H groups in total. The van der Waals surface area contributed by atoms with E-state index in [1.807, 2.05) is 0 Å². The Hall–Kier alpha value is -1.65. The molecule has 10 heavy (non-hydrogen) atoms. The summed E-state index contributed by atoms with van der Waals surface area (Å²) in [7, 11) is 0. The Kier molecular flexibility index (Phi) is 1.79. The maximum Gasteiger partial charge on any atom is 0.244 e. The number of Topliss-reactive ketones (excluding diaryl/α,β-unsaturated/α-hetero) is 1. The van der Waals surface area contributed by atoms with Gasteiger partial charge in [-0.1, -0.05) is 0 Å². The van der Waals surface area contributed by atoms with Crippen LogP contribution in [0.15, 0.2) is 16.9 Å². The first-order valence-electron chi connectivity index (χ1n) is 2.57. The molecular weight excluding hydrogens is 134 g/mol. The average Bonchev–Trinajstić information content (AvgIpc) is 2.05. The normalized spacial score (nSPS) is 14.6. The minimum Gasteiger partial charge on any atom is -0.295 e. The summed E-state index contributed by atoms with van der Waals surface area (Å²) < 4.78 is 0.